The highest BCUT2D eigenvalue weighted by Gasteiger charge is 2.28. The number of benzene rings is 2. The normalized spacial score (nSPS) is 14.5. The molecule has 0 unspecified atom stereocenters. The first-order chi connectivity index (χ1) is 14.9. The Balaban J connectivity index is 1.55. The zero-order valence-electron chi connectivity index (χ0n) is 18.0. The topological polar surface area (TPSA) is 74.8 Å². The molecule has 31 heavy (non-hydrogen) atoms. The van der Waals surface area contributed by atoms with Crippen molar-refractivity contribution in [3.8, 4) is 0 Å². The van der Waals surface area contributed by atoms with Gasteiger partial charge in [0.1, 0.15) is 0 Å². The molecule has 1 saturated heterocycles. The standard InChI is InChI=1S/C24H30N2O4S/c1-2-19-31(29,30)22-13-7-6-12-21(22)24(28)26-17-15-25(16-18-26)23(27)14-8-11-20-9-4-3-5-10-20/h3-7,9-10,12-13H,2,8,11,14-19H2,1H3. The van der Waals surface area contributed by atoms with E-state index >= 15 is 0 Å². The lowest BCUT2D eigenvalue weighted by Crippen LogP contribution is -2.50. The van der Waals surface area contributed by atoms with E-state index in [9.17, 15) is 18.0 Å². The van der Waals surface area contributed by atoms with Crippen molar-refractivity contribution in [2.75, 3.05) is 31.9 Å². The summed E-state index contributed by atoms with van der Waals surface area (Å²) in [6, 6.07) is 16.5. The lowest BCUT2D eigenvalue weighted by atomic mass is 10.1. The van der Waals surface area contributed by atoms with E-state index in [1.54, 1.807) is 34.9 Å². The van der Waals surface area contributed by atoms with E-state index in [2.05, 4.69) is 12.1 Å². The summed E-state index contributed by atoms with van der Waals surface area (Å²) in [5, 5.41) is 0. The third-order valence-corrected chi connectivity index (χ3v) is 7.52. The molecule has 0 aliphatic carbocycles. The van der Waals surface area contributed by atoms with Gasteiger partial charge < -0.3 is 9.80 Å². The fraction of sp³-hybridized carbons (Fsp3) is 0.417. The van der Waals surface area contributed by atoms with Gasteiger partial charge in [-0.25, -0.2) is 8.42 Å². The molecule has 1 aliphatic rings. The number of piperazine rings is 1. The SMILES string of the molecule is CCCS(=O)(=O)c1ccccc1C(=O)N1CCN(C(=O)CCCc2ccccc2)CC1. The number of aryl methyl sites for hydroxylation is 1. The van der Waals surface area contributed by atoms with Crippen LogP contribution in [-0.2, 0) is 21.1 Å². The first-order valence-corrected chi connectivity index (χ1v) is 12.5. The Morgan fingerprint density at radius 1 is 0.871 bits per heavy atom. The van der Waals surface area contributed by atoms with Crippen molar-refractivity contribution in [2.45, 2.75) is 37.5 Å². The highest BCUT2D eigenvalue weighted by Crippen LogP contribution is 2.20. The van der Waals surface area contributed by atoms with Crippen molar-refractivity contribution in [1.29, 1.82) is 0 Å². The van der Waals surface area contributed by atoms with Crippen molar-refractivity contribution < 1.29 is 18.0 Å². The van der Waals surface area contributed by atoms with Crippen LogP contribution in [0.2, 0.25) is 0 Å². The minimum Gasteiger partial charge on any atom is -0.339 e. The zero-order valence-corrected chi connectivity index (χ0v) is 18.8. The Hall–Kier alpha value is -2.67. The van der Waals surface area contributed by atoms with Gasteiger partial charge in [0.15, 0.2) is 9.84 Å². The van der Waals surface area contributed by atoms with Crippen LogP contribution in [0.3, 0.4) is 0 Å². The molecule has 166 valence electrons. The van der Waals surface area contributed by atoms with Gasteiger partial charge in [-0.05, 0) is 37.0 Å². The first-order valence-electron chi connectivity index (χ1n) is 10.8. The summed E-state index contributed by atoms with van der Waals surface area (Å²) >= 11 is 0. The number of carbonyl (C=O) groups excluding carboxylic acids is 2. The number of carbonyl (C=O) groups is 2. The molecule has 1 fully saturated rings. The fourth-order valence-corrected chi connectivity index (χ4v) is 5.40. The van der Waals surface area contributed by atoms with Crippen molar-refractivity contribution in [3.05, 3.63) is 65.7 Å². The first kappa shape index (κ1) is 23.0. The van der Waals surface area contributed by atoms with E-state index in [1.807, 2.05) is 18.2 Å². The van der Waals surface area contributed by atoms with Crippen LogP contribution in [0.1, 0.15) is 42.1 Å². The molecule has 0 aromatic heterocycles. The van der Waals surface area contributed by atoms with Crippen LogP contribution in [-0.4, -0.2) is 62.0 Å². The van der Waals surface area contributed by atoms with E-state index in [-0.39, 0.29) is 28.0 Å². The molecule has 0 atom stereocenters. The van der Waals surface area contributed by atoms with Crippen LogP contribution in [0.4, 0.5) is 0 Å². The highest BCUT2D eigenvalue weighted by molar-refractivity contribution is 7.91. The maximum atomic E-state index is 13.0. The third-order valence-electron chi connectivity index (χ3n) is 5.54. The molecule has 0 radical (unpaired) electrons. The van der Waals surface area contributed by atoms with Crippen LogP contribution in [0.15, 0.2) is 59.5 Å². The van der Waals surface area contributed by atoms with Crippen molar-refractivity contribution >= 4 is 21.7 Å². The van der Waals surface area contributed by atoms with Crippen molar-refractivity contribution in [2.24, 2.45) is 0 Å². The summed E-state index contributed by atoms with van der Waals surface area (Å²) in [4.78, 5) is 29.1. The van der Waals surface area contributed by atoms with Gasteiger partial charge in [-0.3, -0.25) is 9.59 Å². The molecule has 0 N–H and O–H groups in total. The average molecular weight is 443 g/mol. The van der Waals surface area contributed by atoms with Gasteiger partial charge in [0, 0.05) is 32.6 Å². The molecule has 0 spiro atoms. The maximum absolute atomic E-state index is 13.0. The number of hydrogen-bond donors (Lipinski definition) is 0. The van der Waals surface area contributed by atoms with Crippen LogP contribution in [0.5, 0.6) is 0 Å². The van der Waals surface area contributed by atoms with Crippen LogP contribution >= 0.6 is 0 Å². The second kappa shape index (κ2) is 10.6. The summed E-state index contributed by atoms with van der Waals surface area (Å²) in [6.45, 7) is 3.56. The van der Waals surface area contributed by atoms with Crippen molar-refractivity contribution in [1.82, 2.24) is 9.80 Å². The minimum absolute atomic E-state index is 0.0164. The largest absolute Gasteiger partial charge is 0.339 e. The summed E-state index contributed by atoms with van der Waals surface area (Å²) in [7, 11) is -3.49. The lowest BCUT2D eigenvalue weighted by Gasteiger charge is -2.35. The number of nitrogens with zero attached hydrogens (tertiary/aromatic N) is 2. The monoisotopic (exact) mass is 442 g/mol. The molecule has 0 bridgehead atoms. The molecule has 0 saturated carbocycles. The Kier molecular flexibility index (Phi) is 7.85. The molecule has 2 aromatic rings. The van der Waals surface area contributed by atoms with E-state index in [4.69, 9.17) is 0 Å². The zero-order chi connectivity index (χ0) is 22.3. The predicted molar refractivity (Wildman–Crippen MR) is 121 cm³/mol. The Bertz CT molecular complexity index is 997. The molecular formula is C24H30N2O4S. The maximum Gasteiger partial charge on any atom is 0.255 e. The van der Waals surface area contributed by atoms with Gasteiger partial charge in [0.25, 0.3) is 5.91 Å². The van der Waals surface area contributed by atoms with E-state index in [0.717, 1.165) is 12.8 Å². The number of amides is 2. The van der Waals surface area contributed by atoms with Gasteiger partial charge in [-0.1, -0.05) is 49.4 Å². The summed E-state index contributed by atoms with van der Waals surface area (Å²) < 4.78 is 25.1. The van der Waals surface area contributed by atoms with Crippen LogP contribution < -0.4 is 0 Å². The Morgan fingerprint density at radius 2 is 1.48 bits per heavy atom. The summed E-state index contributed by atoms with van der Waals surface area (Å²) in [6.07, 6.45) is 2.65. The van der Waals surface area contributed by atoms with E-state index in [1.165, 1.54) is 11.6 Å². The van der Waals surface area contributed by atoms with E-state index in [0.29, 0.717) is 39.0 Å². The van der Waals surface area contributed by atoms with Gasteiger partial charge >= 0.3 is 0 Å². The van der Waals surface area contributed by atoms with Gasteiger partial charge in [0.2, 0.25) is 5.91 Å². The fourth-order valence-electron chi connectivity index (χ4n) is 3.87. The molecule has 2 aromatic carbocycles. The van der Waals surface area contributed by atoms with Gasteiger partial charge in [-0.15, -0.1) is 0 Å². The molecule has 1 aliphatic heterocycles. The Labute approximate surface area is 184 Å². The Morgan fingerprint density at radius 3 is 2.16 bits per heavy atom. The lowest BCUT2D eigenvalue weighted by molar-refractivity contribution is -0.132. The second-order valence-corrected chi connectivity index (χ2v) is 9.90. The minimum atomic E-state index is -3.49. The average Bonchev–Trinajstić information content (AvgIpc) is 2.79. The van der Waals surface area contributed by atoms with Gasteiger partial charge in [-0.2, -0.15) is 0 Å². The summed E-state index contributed by atoms with van der Waals surface area (Å²) in [5.74, 6) is -0.164. The molecule has 6 nitrogen and oxygen atoms in total. The second-order valence-electron chi connectivity index (χ2n) is 7.83. The molecule has 1 heterocycles. The molecule has 3 rings (SSSR count). The predicted octanol–water partition coefficient (Wildman–Crippen LogP) is 3.18. The molecule has 2 amide bonds. The molecular weight excluding hydrogens is 412 g/mol. The van der Waals surface area contributed by atoms with Gasteiger partial charge in [0.05, 0.1) is 16.2 Å². The van der Waals surface area contributed by atoms with Crippen molar-refractivity contribution in [3.63, 3.8) is 0 Å². The van der Waals surface area contributed by atoms with E-state index < -0.39 is 9.84 Å². The number of sulfone groups is 1. The number of hydrogen-bond acceptors (Lipinski definition) is 4. The smallest absolute Gasteiger partial charge is 0.255 e. The highest BCUT2D eigenvalue weighted by atomic mass is 32.2. The van der Waals surface area contributed by atoms with Crippen LogP contribution in [0.25, 0.3) is 0 Å². The van der Waals surface area contributed by atoms with Crippen LogP contribution in [0, 0.1) is 0 Å². The third kappa shape index (κ3) is 5.94. The number of rotatable bonds is 8. The molecule has 7 heteroatoms. The summed E-state index contributed by atoms with van der Waals surface area (Å²) in [5.41, 5.74) is 1.45. The quantitative estimate of drug-likeness (QED) is 0.629.